The van der Waals surface area contributed by atoms with E-state index in [9.17, 15) is 4.79 Å². The van der Waals surface area contributed by atoms with Crippen molar-refractivity contribution in [3.8, 4) is 17.1 Å². The second kappa shape index (κ2) is 6.24. The van der Waals surface area contributed by atoms with Crippen LogP contribution in [-0.4, -0.2) is 32.0 Å². The van der Waals surface area contributed by atoms with Crippen molar-refractivity contribution in [2.45, 2.75) is 6.92 Å². The number of rotatable bonds is 4. The summed E-state index contributed by atoms with van der Waals surface area (Å²) in [6.45, 7) is 2.48. The van der Waals surface area contributed by atoms with Gasteiger partial charge in [0, 0.05) is 30.2 Å². The molecule has 0 aliphatic rings. The van der Waals surface area contributed by atoms with Crippen molar-refractivity contribution in [3.05, 3.63) is 66.7 Å². The lowest BCUT2D eigenvalue weighted by Gasteiger charge is -2.03. The van der Waals surface area contributed by atoms with Gasteiger partial charge in [-0.15, -0.1) is 0 Å². The van der Waals surface area contributed by atoms with Crippen LogP contribution < -0.4 is 5.32 Å². The third-order valence-corrected chi connectivity index (χ3v) is 4.04. The van der Waals surface area contributed by atoms with E-state index in [2.05, 4.69) is 20.3 Å². The normalized spacial score (nSPS) is 10.9. The predicted octanol–water partition coefficient (Wildman–Crippen LogP) is 3.17. The van der Waals surface area contributed by atoms with Crippen molar-refractivity contribution in [2.75, 3.05) is 6.54 Å². The van der Waals surface area contributed by atoms with Crippen LogP contribution in [0.15, 0.2) is 61.2 Å². The van der Waals surface area contributed by atoms with E-state index < -0.39 is 0 Å². The molecular weight excluding hydrogens is 314 g/mol. The van der Waals surface area contributed by atoms with Gasteiger partial charge in [-0.05, 0) is 43.3 Å². The van der Waals surface area contributed by atoms with Crippen LogP contribution in [0, 0.1) is 0 Å². The number of imidazole rings is 2. The molecule has 25 heavy (non-hydrogen) atoms. The number of carbonyl (C=O) groups is 1. The zero-order valence-electron chi connectivity index (χ0n) is 13.7. The van der Waals surface area contributed by atoms with E-state index in [0.717, 1.165) is 22.6 Å². The van der Waals surface area contributed by atoms with E-state index in [1.165, 1.54) is 0 Å². The minimum Gasteiger partial charge on any atom is -0.352 e. The molecule has 6 nitrogen and oxygen atoms in total. The Hall–Kier alpha value is -3.41. The van der Waals surface area contributed by atoms with Crippen molar-refractivity contribution in [2.24, 2.45) is 0 Å². The highest BCUT2D eigenvalue weighted by Gasteiger charge is 2.13. The standard InChI is InChI=1S/C19H17N5O/c1-2-21-19(25)15-4-3-5-16-17(15)23-18(22-16)13-6-8-14(9-7-13)24-11-10-20-12-24/h3-12H,2H2,1H3,(H,21,25)(H,22,23). The van der Waals surface area contributed by atoms with E-state index in [4.69, 9.17) is 0 Å². The lowest BCUT2D eigenvalue weighted by molar-refractivity contribution is 0.0957. The first-order chi connectivity index (χ1) is 12.3. The van der Waals surface area contributed by atoms with Crippen LogP contribution in [-0.2, 0) is 0 Å². The van der Waals surface area contributed by atoms with E-state index in [1.807, 2.05) is 54.1 Å². The number of fused-ring (bicyclic) bond motifs is 1. The van der Waals surface area contributed by atoms with Gasteiger partial charge in [-0.1, -0.05) is 6.07 Å². The van der Waals surface area contributed by atoms with E-state index >= 15 is 0 Å². The molecule has 0 fully saturated rings. The minimum atomic E-state index is -0.110. The SMILES string of the molecule is CCNC(=O)c1cccc2[nH]c(-c3ccc(-n4ccnc4)cc3)nc12. The first-order valence-electron chi connectivity index (χ1n) is 8.12. The summed E-state index contributed by atoms with van der Waals surface area (Å²) >= 11 is 0. The molecule has 6 heteroatoms. The zero-order chi connectivity index (χ0) is 17.2. The molecule has 0 unspecified atom stereocenters. The number of hydrogen-bond acceptors (Lipinski definition) is 3. The molecule has 2 heterocycles. The summed E-state index contributed by atoms with van der Waals surface area (Å²) in [4.78, 5) is 24.2. The van der Waals surface area contributed by atoms with Crippen LogP contribution in [0.25, 0.3) is 28.1 Å². The van der Waals surface area contributed by atoms with Crippen LogP contribution in [0.3, 0.4) is 0 Å². The van der Waals surface area contributed by atoms with Gasteiger partial charge in [0.1, 0.15) is 11.3 Å². The Morgan fingerprint density at radius 3 is 2.76 bits per heavy atom. The predicted molar refractivity (Wildman–Crippen MR) is 96.7 cm³/mol. The molecule has 4 rings (SSSR count). The fourth-order valence-corrected chi connectivity index (χ4v) is 2.81. The van der Waals surface area contributed by atoms with Crippen molar-refractivity contribution in [1.82, 2.24) is 24.8 Å². The van der Waals surface area contributed by atoms with Crippen LogP contribution in [0.5, 0.6) is 0 Å². The number of para-hydroxylation sites is 1. The van der Waals surface area contributed by atoms with Crippen molar-refractivity contribution < 1.29 is 4.79 Å². The van der Waals surface area contributed by atoms with E-state index in [-0.39, 0.29) is 5.91 Å². The summed E-state index contributed by atoms with van der Waals surface area (Å²) < 4.78 is 1.94. The number of aromatic nitrogens is 4. The van der Waals surface area contributed by atoms with Crippen molar-refractivity contribution in [1.29, 1.82) is 0 Å². The maximum Gasteiger partial charge on any atom is 0.253 e. The second-order valence-corrected chi connectivity index (χ2v) is 5.66. The van der Waals surface area contributed by atoms with Gasteiger partial charge in [0.2, 0.25) is 0 Å². The second-order valence-electron chi connectivity index (χ2n) is 5.66. The Morgan fingerprint density at radius 2 is 2.04 bits per heavy atom. The van der Waals surface area contributed by atoms with Gasteiger partial charge >= 0.3 is 0 Å². The Bertz CT molecular complexity index is 1020. The van der Waals surface area contributed by atoms with E-state index in [0.29, 0.717) is 17.6 Å². The Labute approximate surface area is 144 Å². The minimum absolute atomic E-state index is 0.110. The highest BCUT2D eigenvalue weighted by atomic mass is 16.1. The number of hydrogen-bond donors (Lipinski definition) is 2. The molecular formula is C19H17N5O. The number of aromatic amines is 1. The molecule has 0 radical (unpaired) electrons. The van der Waals surface area contributed by atoms with Gasteiger partial charge in [0.05, 0.1) is 17.4 Å². The van der Waals surface area contributed by atoms with E-state index in [1.54, 1.807) is 18.6 Å². The molecule has 1 amide bonds. The highest BCUT2D eigenvalue weighted by molar-refractivity contribution is 6.05. The molecule has 0 bridgehead atoms. The van der Waals surface area contributed by atoms with Crippen LogP contribution >= 0.6 is 0 Å². The fraction of sp³-hybridized carbons (Fsp3) is 0.105. The molecule has 0 saturated heterocycles. The monoisotopic (exact) mass is 331 g/mol. The lowest BCUT2D eigenvalue weighted by Crippen LogP contribution is -2.22. The van der Waals surface area contributed by atoms with Gasteiger partial charge in [0.15, 0.2) is 0 Å². The average Bonchev–Trinajstić information content (AvgIpc) is 3.31. The Balaban J connectivity index is 1.72. The van der Waals surface area contributed by atoms with Crippen molar-refractivity contribution in [3.63, 3.8) is 0 Å². The zero-order valence-corrected chi connectivity index (χ0v) is 13.7. The van der Waals surface area contributed by atoms with Gasteiger partial charge < -0.3 is 14.9 Å². The number of carbonyl (C=O) groups excluding carboxylic acids is 1. The molecule has 124 valence electrons. The molecule has 0 aliphatic carbocycles. The molecule has 2 aromatic heterocycles. The molecule has 0 saturated carbocycles. The highest BCUT2D eigenvalue weighted by Crippen LogP contribution is 2.24. The number of nitrogens with zero attached hydrogens (tertiary/aromatic N) is 3. The molecule has 2 aromatic carbocycles. The van der Waals surface area contributed by atoms with Crippen molar-refractivity contribution >= 4 is 16.9 Å². The maximum atomic E-state index is 12.2. The summed E-state index contributed by atoms with van der Waals surface area (Å²) in [5, 5.41) is 2.82. The quantitative estimate of drug-likeness (QED) is 0.603. The molecule has 4 aromatic rings. The molecule has 0 spiro atoms. The summed E-state index contributed by atoms with van der Waals surface area (Å²) in [6, 6.07) is 13.6. The molecule has 0 atom stereocenters. The molecule has 2 N–H and O–H groups in total. The Morgan fingerprint density at radius 1 is 1.20 bits per heavy atom. The number of nitrogens with one attached hydrogen (secondary N) is 2. The van der Waals surface area contributed by atoms with Crippen LogP contribution in [0.2, 0.25) is 0 Å². The first kappa shape index (κ1) is 15.1. The van der Waals surface area contributed by atoms with Gasteiger partial charge in [-0.3, -0.25) is 4.79 Å². The Kier molecular flexibility index (Phi) is 3.78. The first-order valence-corrected chi connectivity index (χ1v) is 8.12. The van der Waals surface area contributed by atoms with Gasteiger partial charge in [-0.25, -0.2) is 9.97 Å². The third kappa shape index (κ3) is 2.78. The fourth-order valence-electron chi connectivity index (χ4n) is 2.81. The van der Waals surface area contributed by atoms with Crippen LogP contribution in [0.4, 0.5) is 0 Å². The third-order valence-electron chi connectivity index (χ3n) is 4.04. The maximum absolute atomic E-state index is 12.2. The largest absolute Gasteiger partial charge is 0.352 e. The number of H-pyrrole nitrogens is 1. The topological polar surface area (TPSA) is 75.6 Å². The summed E-state index contributed by atoms with van der Waals surface area (Å²) in [5.41, 5.74) is 4.10. The summed E-state index contributed by atoms with van der Waals surface area (Å²) in [6.07, 6.45) is 5.40. The summed E-state index contributed by atoms with van der Waals surface area (Å²) in [7, 11) is 0. The molecule has 0 aliphatic heterocycles. The van der Waals surface area contributed by atoms with Gasteiger partial charge in [0.25, 0.3) is 5.91 Å². The lowest BCUT2D eigenvalue weighted by atomic mass is 10.1. The number of amides is 1. The number of benzene rings is 2. The van der Waals surface area contributed by atoms with Gasteiger partial charge in [-0.2, -0.15) is 0 Å². The smallest absolute Gasteiger partial charge is 0.253 e. The average molecular weight is 331 g/mol. The summed E-state index contributed by atoms with van der Waals surface area (Å²) in [5.74, 6) is 0.630. The van der Waals surface area contributed by atoms with Crippen LogP contribution in [0.1, 0.15) is 17.3 Å².